The molecule has 2 N–H and O–H groups in total. The molecule has 1 heterocycles. The highest BCUT2D eigenvalue weighted by Crippen LogP contribution is 2.19. The largest absolute Gasteiger partial charge is 0.473 e. The Bertz CT molecular complexity index is 287. The normalized spacial score (nSPS) is 9.69. The van der Waals surface area contributed by atoms with E-state index in [1.807, 2.05) is 0 Å². The number of hydrogen-bond acceptors (Lipinski definition) is 5. The quantitative estimate of drug-likeness (QED) is 0.713. The molecule has 1 rings (SSSR count). The number of aromatic nitrogens is 1. The summed E-state index contributed by atoms with van der Waals surface area (Å²) in [5, 5.41) is 11.4. The third-order valence-electron chi connectivity index (χ3n) is 1.28. The van der Waals surface area contributed by atoms with Crippen LogP contribution in [0.25, 0.3) is 0 Å². The number of rotatable bonds is 4. The minimum Gasteiger partial charge on any atom is -0.473 e. The van der Waals surface area contributed by atoms with Gasteiger partial charge in [-0.15, -0.1) is 0 Å². The van der Waals surface area contributed by atoms with Crippen LogP contribution in [0.15, 0.2) is 6.20 Å². The van der Waals surface area contributed by atoms with Crippen molar-refractivity contribution in [2.45, 2.75) is 0 Å². The first kappa shape index (κ1) is 9.94. The number of nitrogens with zero attached hydrogens (tertiary/aromatic N) is 1. The Morgan fingerprint density at radius 2 is 2.62 bits per heavy atom. The minimum atomic E-state index is -0.241. The third-order valence-corrected chi connectivity index (χ3v) is 2.24. The Kier molecular flexibility index (Phi) is 3.66. The van der Waals surface area contributed by atoms with Crippen molar-refractivity contribution >= 4 is 17.2 Å². The van der Waals surface area contributed by atoms with Crippen LogP contribution in [0.2, 0.25) is 0 Å². The lowest BCUT2D eigenvalue weighted by molar-refractivity contribution is 0.0948. The van der Waals surface area contributed by atoms with Crippen molar-refractivity contribution in [3.8, 4) is 5.19 Å². The van der Waals surface area contributed by atoms with Gasteiger partial charge in [-0.2, -0.15) is 0 Å². The molecule has 0 aliphatic heterocycles. The van der Waals surface area contributed by atoms with Gasteiger partial charge < -0.3 is 15.2 Å². The predicted molar refractivity (Wildman–Crippen MR) is 48.1 cm³/mol. The number of methoxy groups -OCH3 is 1. The monoisotopic (exact) mass is 202 g/mol. The zero-order valence-electron chi connectivity index (χ0n) is 7.11. The summed E-state index contributed by atoms with van der Waals surface area (Å²) in [4.78, 5) is 15.5. The fourth-order valence-corrected chi connectivity index (χ4v) is 1.36. The van der Waals surface area contributed by atoms with Crippen LogP contribution < -0.4 is 10.1 Å². The maximum Gasteiger partial charge on any atom is 0.273 e. The van der Waals surface area contributed by atoms with Gasteiger partial charge >= 0.3 is 0 Å². The van der Waals surface area contributed by atoms with E-state index in [1.165, 1.54) is 13.3 Å². The molecule has 1 amide bonds. The molecule has 0 bridgehead atoms. The highest BCUT2D eigenvalue weighted by Gasteiger charge is 2.09. The van der Waals surface area contributed by atoms with Crippen molar-refractivity contribution in [3.05, 3.63) is 11.1 Å². The van der Waals surface area contributed by atoms with Crippen LogP contribution in [0.1, 0.15) is 9.67 Å². The van der Waals surface area contributed by atoms with Gasteiger partial charge in [-0.25, -0.2) is 4.98 Å². The highest BCUT2D eigenvalue weighted by molar-refractivity contribution is 7.15. The number of carbonyl (C=O) groups is 1. The maximum atomic E-state index is 11.2. The Balaban J connectivity index is 2.55. The molecule has 5 nitrogen and oxygen atoms in total. The smallest absolute Gasteiger partial charge is 0.273 e. The van der Waals surface area contributed by atoms with Gasteiger partial charge in [-0.3, -0.25) is 4.79 Å². The van der Waals surface area contributed by atoms with Crippen molar-refractivity contribution in [2.75, 3.05) is 20.3 Å². The third kappa shape index (κ3) is 2.67. The van der Waals surface area contributed by atoms with Crippen LogP contribution in [0.5, 0.6) is 5.19 Å². The standard InChI is InChI=1S/C7H10N2O3S/c1-12-7-9-4-5(13-7)6(11)8-2-3-10/h4,10H,2-3H2,1H3,(H,8,11). The van der Waals surface area contributed by atoms with E-state index in [0.29, 0.717) is 10.1 Å². The number of carbonyl (C=O) groups excluding carboxylic acids is 1. The number of amides is 1. The van der Waals surface area contributed by atoms with Crippen LogP contribution >= 0.6 is 11.3 Å². The van der Waals surface area contributed by atoms with Gasteiger partial charge in [0.2, 0.25) is 0 Å². The Hall–Kier alpha value is -1.14. The van der Waals surface area contributed by atoms with Crippen LogP contribution in [0.3, 0.4) is 0 Å². The lowest BCUT2D eigenvalue weighted by Crippen LogP contribution is -2.25. The number of nitrogens with one attached hydrogen (secondary N) is 1. The molecule has 1 aromatic rings. The van der Waals surface area contributed by atoms with E-state index in [0.717, 1.165) is 11.3 Å². The van der Waals surface area contributed by atoms with Crippen molar-refractivity contribution in [1.82, 2.24) is 10.3 Å². The average Bonchev–Trinajstić information content (AvgIpc) is 2.62. The molecular weight excluding hydrogens is 192 g/mol. The Morgan fingerprint density at radius 3 is 3.15 bits per heavy atom. The fraction of sp³-hybridized carbons (Fsp3) is 0.429. The van der Waals surface area contributed by atoms with Gasteiger partial charge in [0.15, 0.2) is 0 Å². The van der Waals surface area contributed by atoms with Gasteiger partial charge in [0.25, 0.3) is 11.1 Å². The topological polar surface area (TPSA) is 71.5 Å². The molecule has 13 heavy (non-hydrogen) atoms. The second kappa shape index (κ2) is 4.78. The Morgan fingerprint density at radius 1 is 1.85 bits per heavy atom. The number of thiazole rings is 1. The van der Waals surface area contributed by atoms with E-state index in [2.05, 4.69) is 10.3 Å². The van der Waals surface area contributed by atoms with Gasteiger partial charge in [0.1, 0.15) is 4.88 Å². The summed E-state index contributed by atoms with van der Waals surface area (Å²) in [6.07, 6.45) is 1.44. The van der Waals surface area contributed by atoms with Gasteiger partial charge in [-0.1, -0.05) is 11.3 Å². The average molecular weight is 202 g/mol. The molecule has 72 valence electrons. The van der Waals surface area contributed by atoms with Crippen LogP contribution in [0, 0.1) is 0 Å². The van der Waals surface area contributed by atoms with E-state index in [-0.39, 0.29) is 19.1 Å². The second-order valence-electron chi connectivity index (χ2n) is 2.17. The van der Waals surface area contributed by atoms with Gasteiger partial charge in [0.05, 0.1) is 19.9 Å². The number of aliphatic hydroxyl groups is 1. The van der Waals surface area contributed by atoms with Crippen molar-refractivity contribution in [3.63, 3.8) is 0 Å². The van der Waals surface area contributed by atoms with Crippen LogP contribution in [-0.2, 0) is 0 Å². The number of ether oxygens (including phenoxy) is 1. The molecule has 0 saturated heterocycles. The first-order valence-corrected chi connectivity index (χ1v) is 4.48. The van der Waals surface area contributed by atoms with E-state index < -0.39 is 0 Å². The molecule has 0 radical (unpaired) electrons. The molecule has 0 aliphatic carbocycles. The molecular formula is C7H10N2O3S. The second-order valence-corrected chi connectivity index (χ2v) is 3.17. The predicted octanol–water partition coefficient (Wildman–Crippen LogP) is -0.126. The molecule has 0 atom stereocenters. The van der Waals surface area contributed by atoms with Crippen molar-refractivity contribution in [2.24, 2.45) is 0 Å². The number of hydrogen-bond donors (Lipinski definition) is 2. The van der Waals surface area contributed by atoms with Gasteiger partial charge in [-0.05, 0) is 0 Å². The Labute approximate surface area is 79.4 Å². The molecule has 0 saturated carbocycles. The molecule has 0 unspecified atom stereocenters. The maximum absolute atomic E-state index is 11.2. The SMILES string of the molecule is COc1ncc(C(=O)NCCO)s1. The van der Waals surface area contributed by atoms with Crippen LogP contribution in [-0.4, -0.2) is 36.3 Å². The van der Waals surface area contributed by atoms with E-state index in [1.54, 1.807) is 0 Å². The number of aliphatic hydroxyl groups excluding tert-OH is 1. The molecule has 0 spiro atoms. The first-order valence-electron chi connectivity index (χ1n) is 3.67. The summed E-state index contributed by atoms with van der Waals surface area (Å²) in [6, 6.07) is 0. The summed E-state index contributed by atoms with van der Waals surface area (Å²) >= 11 is 1.16. The van der Waals surface area contributed by atoms with E-state index >= 15 is 0 Å². The van der Waals surface area contributed by atoms with E-state index in [4.69, 9.17) is 9.84 Å². The van der Waals surface area contributed by atoms with E-state index in [9.17, 15) is 4.79 Å². The molecule has 1 aromatic heterocycles. The lowest BCUT2D eigenvalue weighted by atomic mass is 10.5. The van der Waals surface area contributed by atoms with Crippen LogP contribution in [0.4, 0.5) is 0 Å². The summed E-state index contributed by atoms with van der Waals surface area (Å²) in [7, 11) is 1.49. The summed E-state index contributed by atoms with van der Waals surface area (Å²) < 4.78 is 4.83. The zero-order valence-corrected chi connectivity index (χ0v) is 7.93. The minimum absolute atomic E-state index is 0.0678. The molecule has 0 aliphatic rings. The highest BCUT2D eigenvalue weighted by atomic mass is 32.1. The molecule has 0 aromatic carbocycles. The van der Waals surface area contributed by atoms with Gasteiger partial charge in [0, 0.05) is 6.54 Å². The fourth-order valence-electron chi connectivity index (χ4n) is 0.714. The lowest BCUT2D eigenvalue weighted by Gasteiger charge is -1.97. The van der Waals surface area contributed by atoms with Crippen molar-refractivity contribution < 1.29 is 14.6 Å². The summed E-state index contributed by atoms with van der Waals surface area (Å²) in [5.41, 5.74) is 0. The molecule has 6 heteroatoms. The zero-order chi connectivity index (χ0) is 9.68. The summed E-state index contributed by atoms with van der Waals surface area (Å²) in [5.74, 6) is -0.241. The first-order chi connectivity index (χ1) is 6.27. The summed E-state index contributed by atoms with van der Waals surface area (Å²) in [6.45, 7) is 0.181. The molecule has 0 fully saturated rings. The van der Waals surface area contributed by atoms with Crippen molar-refractivity contribution in [1.29, 1.82) is 0 Å².